The van der Waals surface area contributed by atoms with Gasteiger partial charge in [-0.15, -0.1) is 0 Å². The van der Waals surface area contributed by atoms with Gasteiger partial charge in [-0.3, -0.25) is 0 Å². The third kappa shape index (κ3) is 3.95. The number of rotatable bonds is 6. The molecule has 0 aliphatic heterocycles. The van der Waals surface area contributed by atoms with Crippen LogP contribution in [0.4, 0.5) is 27.5 Å². The maximum Gasteiger partial charge on any atom is 0.229 e. The zero-order valence-corrected chi connectivity index (χ0v) is 13.8. The third-order valence-corrected chi connectivity index (χ3v) is 3.43. The maximum atomic E-state index is 14.1. The van der Waals surface area contributed by atoms with E-state index in [1.54, 1.807) is 32.4 Å². The summed E-state index contributed by atoms with van der Waals surface area (Å²) in [7, 11) is 3.13. The normalized spacial score (nSPS) is 10.2. The molecule has 2 aromatic carbocycles. The third-order valence-electron chi connectivity index (χ3n) is 3.43. The van der Waals surface area contributed by atoms with Gasteiger partial charge in [0.1, 0.15) is 11.5 Å². The van der Waals surface area contributed by atoms with E-state index in [2.05, 4.69) is 20.6 Å². The summed E-state index contributed by atoms with van der Waals surface area (Å²) < 4.78 is 24.5. The molecule has 0 saturated carbocycles. The van der Waals surface area contributed by atoms with Crippen LogP contribution in [0.2, 0.25) is 0 Å². The van der Waals surface area contributed by atoms with E-state index in [1.165, 1.54) is 0 Å². The second kappa shape index (κ2) is 7.48. The summed E-state index contributed by atoms with van der Waals surface area (Å²) in [5.41, 5.74) is 1.34. The maximum absolute atomic E-state index is 14.1. The molecule has 0 saturated heterocycles. The van der Waals surface area contributed by atoms with Gasteiger partial charge in [0.05, 0.1) is 26.1 Å². The van der Waals surface area contributed by atoms with Gasteiger partial charge in [0.25, 0.3) is 0 Å². The second-order valence-corrected chi connectivity index (χ2v) is 5.07. The van der Waals surface area contributed by atoms with Crippen LogP contribution in [-0.4, -0.2) is 24.2 Å². The van der Waals surface area contributed by atoms with Crippen molar-refractivity contribution in [1.82, 2.24) is 9.97 Å². The van der Waals surface area contributed by atoms with Crippen molar-refractivity contribution in [3.8, 4) is 11.5 Å². The smallest absolute Gasteiger partial charge is 0.229 e. The summed E-state index contributed by atoms with van der Waals surface area (Å²) in [6, 6.07) is 14.5. The fraction of sp³-hybridized carbons (Fsp3) is 0.111. The standard InChI is InChI=1S/C18H17FN4O2/c1-24-13-7-5-6-12(10-13)21-18-20-11-14(19)17(23-18)22-15-8-3-4-9-16(15)25-2/h3-11H,1-2H3,(H2,20,21,22,23). The van der Waals surface area contributed by atoms with Gasteiger partial charge in [-0.05, 0) is 24.3 Å². The summed E-state index contributed by atoms with van der Waals surface area (Å²) in [4.78, 5) is 8.15. The van der Waals surface area contributed by atoms with Gasteiger partial charge in [-0.2, -0.15) is 4.98 Å². The summed E-state index contributed by atoms with van der Waals surface area (Å²) in [6.45, 7) is 0. The number of benzene rings is 2. The molecule has 0 aliphatic rings. The number of hydrogen-bond acceptors (Lipinski definition) is 6. The first-order chi connectivity index (χ1) is 12.2. The Morgan fingerprint density at radius 1 is 0.960 bits per heavy atom. The Kier molecular flexibility index (Phi) is 4.94. The Labute approximate surface area is 144 Å². The fourth-order valence-corrected chi connectivity index (χ4v) is 2.22. The van der Waals surface area contributed by atoms with Gasteiger partial charge in [0.15, 0.2) is 11.6 Å². The summed E-state index contributed by atoms with van der Waals surface area (Å²) in [6.07, 6.45) is 1.10. The SMILES string of the molecule is COc1cccc(Nc2ncc(F)c(Nc3ccccc3OC)n2)c1. The fourth-order valence-electron chi connectivity index (χ4n) is 2.22. The van der Waals surface area contributed by atoms with Crippen molar-refractivity contribution in [2.45, 2.75) is 0 Å². The molecule has 2 N–H and O–H groups in total. The minimum atomic E-state index is -0.568. The number of halogens is 1. The van der Waals surface area contributed by atoms with Crippen molar-refractivity contribution in [2.24, 2.45) is 0 Å². The van der Waals surface area contributed by atoms with Crippen molar-refractivity contribution in [2.75, 3.05) is 24.9 Å². The zero-order valence-electron chi connectivity index (χ0n) is 13.8. The largest absolute Gasteiger partial charge is 0.497 e. The molecule has 0 spiro atoms. The Hall–Kier alpha value is -3.35. The van der Waals surface area contributed by atoms with Crippen LogP contribution in [0.25, 0.3) is 0 Å². The van der Waals surface area contributed by atoms with E-state index < -0.39 is 5.82 Å². The lowest BCUT2D eigenvalue weighted by molar-refractivity contribution is 0.415. The molecule has 0 fully saturated rings. The van der Waals surface area contributed by atoms with Crippen LogP contribution in [0.1, 0.15) is 0 Å². The highest BCUT2D eigenvalue weighted by Crippen LogP contribution is 2.28. The van der Waals surface area contributed by atoms with Gasteiger partial charge < -0.3 is 20.1 Å². The molecule has 3 rings (SSSR count). The molecular formula is C18H17FN4O2. The van der Waals surface area contributed by atoms with Gasteiger partial charge in [-0.25, -0.2) is 9.37 Å². The van der Waals surface area contributed by atoms with Crippen molar-refractivity contribution < 1.29 is 13.9 Å². The molecule has 1 heterocycles. The summed E-state index contributed by atoms with van der Waals surface area (Å²) in [5, 5.41) is 5.95. The number of ether oxygens (including phenoxy) is 2. The molecule has 0 unspecified atom stereocenters. The topological polar surface area (TPSA) is 68.3 Å². The number of anilines is 4. The van der Waals surface area contributed by atoms with Crippen molar-refractivity contribution in [3.63, 3.8) is 0 Å². The monoisotopic (exact) mass is 340 g/mol. The summed E-state index contributed by atoms with van der Waals surface area (Å²) in [5.74, 6) is 1.02. The average Bonchev–Trinajstić information content (AvgIpc) is 2.65. The van der Waals surface area contributed by atoms with E-state index in [-0.39, 0.29) is 11.8 Å². The minimum Gasteiger partial charge on any atom is -0.497 e. The molecule has 6 nitrogen and oxygen atoms in total. The van der Waals surface area contributed by atoms with E-state index in [1.807, 2.05) is 30.3 Å². The number of aromatic nitrogens is 2. The minimum absolute atomic E-state index is 0.0462. The first kappa shape index (κ1) is 16.5. The predicted molar refractivity (Wildman–Crippen MR) is 94.5 cm³/mol. The lowest BCUT2D eigenvalue weighted by Gasteiger charge is -2.12. The van der Waals surface area contributed by atoms with E-state index in [0.717, 1.165) is 11.9 Å². The molecule has 0 bridgehead atoms. The summed E-state index contributed by atoms with van der Waals surface area (Å²) >= 11 is 0. The number of methoxy groups -OCH3 is 2. The van der Waals surface area contributed by atoms with Gasteiger partial charge in [-0.1, -0.05) is 18.2 Å². The van der Waals surface area contributed by atoms with Crippen LogP contribution in [0.3, 0.4) is 0 Å². The van der Waals surface area contributed by atoms with Crippen LogP contribution < -0.4 is 20.1 Å². The van der Waals surface area contributed by atoms with E-state index >= 15 is 0 Å². The van der Waals surface area contributed by atoms with Gasteiger partial charge >= 0.3 is 0 Å². The van der Waals surface area contributed by atoms with Gasteiger partial charge in [0, 0.05) is 11.8 Å². The molecule has 0 radical (unpaired) electrons. The van der Waals surface area contributed by atoms with E-state index in [9.17, 15) is 4.39 Å². The molecule has 0 amide bonds. The highest BCUT2D eigenvalue weighted by atomic mass is 19.1. The second-order valence-electron chi connectivity index (χ2n) is 5.07. The molecule has 0 aliphatic carbocycles. The molecule has 25 heavy (non-hydrogen) atoms. The Morgan fingerprint density at radius 3 is 2.60 bits per heavy atom. The molecule has 1 aromatic heterocycles. The average molecular weight is 340 g/mol. The van der Waals surface area contributed by atoms with Crippen molar-refractivity contribution in [3.05, 3.63) is 60.5 Å². The number of para-hydroxylation sites is 2. The highest BCUT2D eigenvalue weighted by Gasteiger charge is 2.10. The Bertz CT molecular complexity index is 873. The van der Waals surface area contributed by atoms with Crippen LogP contribution in [0.5, 0.6) is 11.5 Å². The van der Waals surface area contributed by atoms with Crippen LogP contribution >= 0.6 is 0 Å². The lowest BCUT2D eigenvalue weighted by Crippen LogP contribution is -2.04. The van der Waals surface area contributed by atoms with Crippen LogP contribution in [0, 0.1) is 5.82 Å². The van der Waals surface area contributed by atoms with Crippen molar-refractivity contribution in [1.29, 1.82) is 0 Å². The molecule has 128 valence electrons. The van der Waals surface area contributed by atoms with E-state index in [0.29, 0.717) is 17.2 Å². The Balaban J connectivity index is 1.85. The number of hydrogen-bond donors (Lipinski definition) is 2. The van der Waals surface area contributed by atoms with Gasteiger partial charge in [0.2, 0.25) is 5.95 Å². The highest BCUT2D eigenvalue weighted by molar-refractivity contribution is 5.65. The Morgan fingerprint density at radius 2 is 1.80 bits per heavy atom. The van der Waals surface area contributed by atoms with Crippen molar-refractivity contribution >= 4 is 23.1 Å². The van der Waals surface area contributed by atoms with Crippen LogP contribution in [0.15, 0.2) is 54.7 Å². The molecule has 3 aromatic rings. The molecule has 7 heteroatoms. The van der Waals surface area contributed by atoms with Crippen LogP contribution in [-0.2, 0) is 0 Å². The van der Waals surface area contributed by atoms with E-state index in [4.69, 9.17) is 9.47 Å². The predicted octanol–water partition coefficient (Wildman–Crippen LogP) is 4.12. The number of nitrogens with one attached hydrogen (secondary N) is 2. The molecule has 0 atom stereocenters. The number of nitrogens with zero attached hydrogens (tertiary/aromatic N) is 2. The first-order valence-electron chi connectivity index (χ1n) is 7.53. The molecular weight excluding hydrogens is 323 g/mol. The quantitative estimate of drug-likeness (QED) is 0.703. The lowest BCUT2D eigenvalue weighted by atomic mass is 10.3. The zero-order chi connectivity index (χ0) is 17.6. The first-order valence-corrected chi connectivity index (χ1v) is 7.53.